The van der Waals surface area contributed by atoms with Crippen LogP contribution in [0.15, 0.2) is 42.5 Å². The molecule has 5 heteroatoms. The first kappa shape index (κ1) is 15.4. The van der Waals surface area contributed by atoms with Gasteiger partial charge in [-0.05, 0) is 42.8 Å². The maximum Gasteiger partial charge on any atom is 0.227 e. The number of nitriles is 1. The van der Waals surface area contributed by atoms with Crippen LogP contribution in [0.5, 0.6) is 5.75 Å². The molecule has 0 atom stereocenters. The van der Waals surface area contributed by atoms with E-state index in [2.05, 4.69) is 5.32 Å². The van der Waals surface area contributed by atoms with Gasteiger partial charge in [0.25, 0.3) is 0 Å². The monoisotopic (exact) mass is 295 g/mol. The van der Waals surface area contributed by atoms with Crippen LogP contribution in [0.2, 0.25) is 0 Å². The van der Waals surface area contributed by atoms with Gasteiger partial charge in [-0.1, -0.05) is 12.1 Å². The third-order valence-corrected chi connectivity index (χ3v) is 3.21. The molecule has 2 rings (SSSR count). The molecule has 0 aliphatic carbocycles. The molecule has 0 aromatic heterocycles. The van der Waals surface area contributed by atoms with Gasteiger partial charge in [-0.2, -0.15) is 5.26 Å². The molecule has 2 aromatic carbocycles. The summed E-state index contributed by atoms with van der Waals surface area (Å²) in [5, 5.41) is 11.6. The molecule has 5 nitrogen and oxygen atoms in total. The molecule has 0 spiro atoms. The number of amides is 1. The molecule has 2 aromatic rings. The molecule has 112 valence electrons. The largest absolute Gasteiger partial charge is 0.493 e. The van der Waals surface area contributed by atoms with E-state index in [1.54, 1.807) is 42.5 Å². The minimum Gasteiger partial charge on any atom is -0.493 e. The molecule has 0 saturated heterocycles. The Balaban J connectivity index is 1.85. The Morgan fingerprint density at radius 3 is 2.86 bits per heavy atom. The highest BCUT2D eigenvalue weighted by Gasteiger charge is 2.06. The van der Waals surface area contributed by atoms with Crippen molar-refractivity contribution in [3.63, 3.8) is 0 Å². The first-order chi connectivity index (χ1) is 10.6. The number of benzene rings is 2. The van der Waals surface area contributed by atoms with Gasteiger partial charge in [0, 0.05) is 11.4 Å². The summed E-state index contributed by atoms with van der Waals surface area (Å²) in [6.07, 6.45) is 0.213. The van der Waals surface area contributed by atoms with Gasteiger partial charge in [-0.15, -0.1) is 0 Å². The Hall–Kier alpha value is -3.00. The van der Waals surface area contributed by atoms with Crippen molar-refractivity contribution in [1.82, 2.24) is 0 Å². The summed E-state index contributed by atoms with van der Waals surface area (Å²) >= 11 is 0. The number of rotatable bonds is 5. The molecule has 0 saturated carbocycles. The van der Waals surface area contributed by atoms with Crippen LogP contribution in [0.3, 0.4) is 0 Å². The predicted molar refractivity (Wildman–Crippen MR) is 85.5 cm³/mol. The van der Waals surface area contributed by atoms with Gasteiger partial charge in [-0.25, -0.2) is 0 Å². The number of carbonyl (C=O) groups is 1. The summed E-state index contributed by atoms with van der Waals surface area (Å²) in [6, 6.07) is 14.3. The number of nitrogens with two attached hydrogens (primary N) is 1. The summed E-state index contributed by atoms with van der Waals surface area (Å²) in [7, 11) is 0. The molecule has 22 heavy (non-hydrogen) atoms. The molecule has 3 N–H and O–H groups in total. The number of hydrogen-bond acceptors (Lipinski definition) is 4. The summed E-state index contributed by atoms with van der Waals surface area (Å²) < 4.78 is 5.47. The topological polar surface area (TPSA) is 88.1 Å². The lowest BCUT2D eigenvalue weighted by Crippen LogP contribution is -2.16. The van der Waals surface area contributed by atoms with Gasteiger partial charge >= 0.3 is 0 Å². The zero-order valence-electron chi connectivity index (χ0n) is 12.3. The van der Waals surface area contributed by atoms with Crippen molar-refractivity contribution < 1.29 is 9.53 Å². The lowest BCUT2D eigenvalue weighted by molar-refractivity contribution is -0.116. The molecule has 0 unspecified atom stereocenters. The van der Waals surface area contributed by atoms with E-state index in [4.69, 9.17) is 15.7 Å². The Bertz CT molecular complexity index is 720. The molecule has 0 aliphatic rings. The second kappa shape index (κ2) is 7.14. The Morgan fingerprint density at radius 1 is 1.32 bits per heavy atom. The first-order valence-corrected chi connectivity index (χ1v) is 6.88. The highest BCUT2D eigenvalue weighted by molar-refractivity contribution is 5.92. The van der Waals surface area contributed by atoms with Crippen LogP contribution in [0.1, 0.15) is 17.5 Å². The summed E-state index contributed by atoms with van der Waals surface area (Å²) in [5.74, 6) is 0.428. The molecule has 0 fully saturated rings. The summed E-state index contributed by atoms with van der Waals surface area (Å²) in [4.78, 5) is 11.9. The lowest BCUT2D eigenvalue weighted by atomic mass is 10.1. The first-order valence-electron chi connectivity index (χ1n) is 6.88. The number of nitrogen functional groups attached to an aromatic ring is 1. The van der Waals surface area contributed by atoms with E-state index in [-0.39, 0.29) is 18.9 Å². The molecular formula is C17H17N3O2. The van der Waals surface area contributed by atoms with Crippen molar-refractivity contribution in [2.45, 2.75) is 13.3 Å². The fraction of sp³-hybridized carbons (Fsp3) is 0.176. The molecule has 0 aliphatic heterocycles. The summed E-state index contributed by atoms with van der Waals surface area (Å²) in [6.45, 7) is 2.09. The molecule has 1 amide bonds. The van der Waals surface area contributed by atoms with Crippen LogP contribution in [-0.4, -0.2) is 12.5 Å². The van der Waals surface area contributed by atoms with Crippen molar-refractivity contribution >= 4 is 17.3 Å². The van der Waals surface area contributed by atoms with Crippen molar-refractivity contribution in [2.24, 2.45) is 0 Å². The fourth-order valence-electron chi connectivity index (χ4n) is 1.92. The molecular weight excluding hydrogens is 278 g/mol. The van der Waals surface area contributed by atoms with Crippen LogP contribution >= 0.6 is 0 Å². The third-order valence-electron chi connectivity index (χ3n) is 3.21. The summed E-state index contributed by atoms with van der Waals surface area (Å²) in [5.41, 5.74) is 8.51. The second-order valence-electron chi connectivity index (χ2n) is 4.81. The van der Waals surface area contributed by atoms with Crippen molar-refractivity contribution in [1.29, 1.82) is 5.26 Å². The van der Waals surface area contributed by atoms with Gasteiger partial charge in [-0.3, -0.25) is 4.79 Å². The second-order valence-corrected chi connectivity index (χ2v) is 4.81. The third kappa shape index (κ3) is 4.00. The highest BCUT2D eigenvalue weighted by Crippen LogP contribution is 2.20. The number of ether oxygens (including phenoxy) is 1. The van der Waals surface area contributed by atoms with Crippen LogP contribution in [0.25, 0.3) is 0 Å². The van der Waals surface area contributed by atoms with Gasteiger partial charge in [0.05, 0.1) is 24.7 Å². The highest BCUT2D eigenvalue weighted by atomic mass is 16.5. The van der Waals surface area contributed by atoms with E-state index >= 15 is 0 Å². The number of carbonyl (C=O) groups excluding carboxylic acids is 1. The zero-order chi connectivity index (χ0) is 15.9. The van der Waals surface area contributed by atoms with E-state index in [0.29, 0.717) is 22.7 Å². The number of nitrogens with one attached hydrogen (secondary N) is 1. The van der Waals surface area contributed by atoms with Gasteiger partial charge in [0.15, 0.2) is 0 Å². The van der Waals surface area contributed by atoms with Crippen LogP contribution in [0, 0.1) is 18.3 Å². The van der Waals surface area contributed by atoms with E-state index in [1.807, 2.05) is 13.0 Å². The normalized spacial score (nSPS) is 9.82. The van der Waals surface area contributed by atoms with Crippen molar-refractivity contribution in [3.8, 4) is 11.8 Å². The average Bonchev–Trinajstić information content (AvgIpc) is 2.52. The Labute approximate surface area is 129 Å². The van der Waals surface area contributed by atoms with Crippen LogP contribution in [0.4, 0.5) is 11.4 Å². The maximum absolute atomic E-state index is 11.9. The minimum atomic E-state index is -0.148. The van der Waals surface area contributed by atoms with Gasteiger partial charge in [0.1, 0.15) is 5.75 Å². The Morgan fingerprint density at radius 2 is 2.09 bits per heavy atom. The maximum atomic E-state index is 11.9. The Kier molecular flexibility index (Phi) is 4.99. The van der Waals surface area contributed by atoms with Crippen molar-refractivity contribution in [2.75, 3.05) is 17.7 Å². The fourth-order valence-corrected chi connectivity index (χ4v) is 1.92. The average molecular weight is 295 g/mol. The van der Waals surface area contributed by atoms with E-state index in [9.17, 15) is 4.79 Å². The van der Waals surface area contributed by atoms with Crippen LogP contribution in [-0.2, 0) is 4.79 Å². The standard InChI is InChI=1S/C17H17N3O2/c1-12-15(19)6-3-7-16(12)20-17(21)8-9-22-14-5-2-4-13(10-14)11-18/h2-7,10H,8-9,19H2,1H3,(H,20,21). The number of anilines is 2. The van der Waals surface area contributed by atoms with Crippen molar-refractivity contribution in [3.05, 3.63) is 53.6 Å². The minimum absolute atomic E-state index is 0.148. The lowest BCUT2D eigenvalue weighted by Gasteiger charge is -2.10. The smallest absolute Gasteiger partial charge is 0.227 e. The number of hydrogen-bond donors (Lipinski definition) is 2. The van der Waals surface area contributed by atoms with E-state index in [0.717, 1.165) is 5.56 Å². The predicted octanol–water partition coefficient (Wildman–Crippen LogP) is 2.86. The molecule has 0 bridgehead atoms. The van der Waals surface area contributed by atoms with E-state index in [1.165, 1.54) is 0 Å². The van der Waals surface area contributed by atoms with Crippen LogP contribution < -0.4 is 15.8 Å². The quantitative estimate of drug-likeness (QED) is 0.830. The van der Waals surface area contributed by atoms with Gasteiger partial charge in [0.2, 0.25) is 5.91 Å². The number of nitrogens with zero attached hydrogens (tertiary/aromatic N) is 1. The van der Waals surface area contributed by atoms with E-state index < -0.39 is 0 Å². The molecule has 0 radical (unpaired) electrons. The molecule has 0 heterocycles. The zero-order valence-corrected chi connectivity index (χ0v) is 12.3. The van der Waals surface area contributed by atoms with Gasteiger partial charge < -0.3 is 15.8 Å². The SMILES string of the molecule is Cc1c(N)cccc1NC(=O)CCOc1cccc(C#N)c1.